The fraction of sp³-hybridized carbons (Fsp3) is 0.364. The predicted molar refractivity (Wildman–Crippen MR) is 117 cm³/mol. The van der Waals surface area contributed by atoms with E-state index in [9.17, 15) is 9.59 Å². The zero-order chi connectivity index (χ0) is 19.8. The molecular formula is C22H28ClN3O3. The molecule has 0 aliphatic carbocycles. The van der Waals surface area contributed by atoms with Crippen LogP contribution in [0, 0.1) is 6.92 Å². The van der Waals surface area contributed by atoms with E-state index < -0.39 is 0 Å². The van der Waals surface area contributed by atoms with Gasteiger partial charge < -0.3 is 20.7 Å². The molecule has 1 aliphatic rings. The summed E-state index contributed by atoms with van der Waals surface area (Å²) in [5, 5.41) is 9.12. The van der Waals surface area contributed by atoms with Gasteiger partial charge in [-0.25, -0.2) is 0 Å². The van der Waals surface area contributed by atoms with E-state index in [2.05, 4.69) is 16.0 Å². The molecular weight excluding hydrogens is 390 g/mol. The average Bonchev–Trinajstić information content (AvgIpc) is 2.69. The number of rotatable bonds is 7. The molecule has 0 saturated carbocycles. The molecule has 0 aromatic heterocycles. The predicted octanol–water partition coefficient (Wildman–Crippen LogP) is 2.71. The number of amides is 2. The Bertz CT molecular complexity index is 808. The number of carbonyl (C=O) groups is 2. The molecule has 1 saturated heterocycles. The number of hydrogen-bond donors (Lipinski definition) is 3. The molecule has 1 heterocycles. The van der Waals surface area contributed by atoms with Gasteiger partial charge in [-0.2, -0.15) is 0 Å². The first-order chi connectivity index (χ1) is 13.6. The van der Waals surface area contributed by atoms with Crippen LogP contribution in [0.15, 0.2) is 48.5 Å². The second-order valence-electron chi connectivity index (χ2n) is 6.97. The lowest BCUT2D eigenvalue weighted by Crippen LogP contribution is -2.43. The summed E-state index contributed by atoms with van der Waals surface area (Å²) < 4.78 is 5.39. The number of nitrogens with one attached hydrogen (secondary N) is 3. The number of anilines is 1. The quantitative estimate of drug-likeness (QED) is 0.647. The van der Waals surface area contributed by atoms with Gasteiger partial charge in [0.2, 0.25) is 5.91 Å². The molecule has 0 radical (unpaired) electrons. The van der Waals surface area contributed by atoms with Crippen molar-refractivity contribution in [3.05, 3.63) is 65.2 Å². The van der Waals surface area contributed by atoms with Gasteiger partial charge in [0.15, 0.2) is 0 Å². The molecule has 6 nitrogen and oxygen atoms in total. The van der Waals surface area contributed by atoms with Crippen LogP contribution >= 0.6 is 12.4 Å². The van der Waals surface area contributed by atoms with Gasteiger partial charge >= 0.3 is 0 Å². The van der Waals surface area contributed by atoms with Crippen molar-refractivity contribution in [1.29, 1.82) is 0 Å². The number of morpholine rings is 1. The highest BCUT2D eigenvalue weighted by Gasteiger charge is 2.19. The number of benzene rings is 2. The zero-order valence-electron chi connectivity index (χ0n) is 16.6. The molecule has 3 N–H and O–H groups in total. The van der Waals surface area contributed by atoms with Crippen LogP contribution in [0.2, 0.25) is 0 Å². The first-order valence-corrected chi connectivity index (χ1v) is 9.66. The Hall–Kier alpha value is -2.41. The fourth-order valence-electron chi connectivity index (χ4n) is 3.30. The summed E-state index contributed by atoms with van der Waals surface area (Å²) in [6.45, 7) is 4.35. The van der Waals surface area contributed by atoms with Crippen LogP contribution in [0.5, 0.6) is 0 Å². The van der Waals surface area contributed by atoms with Gasteiger partial charge in [0.1, 0.15) is 0 Å². The number of carbonyl (C=O) groups excluding carboxylic acids is 2. The molecule has 7 heteroatoms. The van der Waals surface area contributed by atoms with E-state index in [0.29, 0.717) is 37.4 Å². The summed E-state index contributed by atoms with van der Waals surface area (Å²) in [6, 6.07) is 15.5. The van der Waals surface area contributed by atoms with E-state index in [-0.39, 0.29) is 30.3 Å². The SMILES string of the molecule is Cc1cccc(NC(=O)CC2COCCN2)c1C(=O)NCCc1ccccc1.Cl. The van der Waals surface area contributed by atoms with Crippen LogP contribution in [0.3, 0.4) is 0 Å². The van der Waals surface area contributed by atoms with Gasteiger partial charge in [0.05, 0.1) is 24.5 Å². The van der Waals surface area contributed by atoms with Gasteiger partial charge in [-0.1, -0.05) is 42.5 Å². The lowest BCUT2D eigenvalue weighted by molar-refractivity contribution is -0.117. The molecule has 156 valence electrons. The third-order valence-corrected chi connectivity index (χ3v) is 4.75. The molecule has 2 amide bonds. The Morgan fingerprint density at radius 1 is 1.14 bits per heavy atom. The fourth-order valence-corrected chi connectivity index (χ4v) is 3.30. The largest absolute Gasteiger partial charge is 0.378 e. The first-order valence-electron chi connectivity index (χ1n) is 9.66. The monoisotopic (exact) mass is 417 g/mol. The van der Waals surface area contributed by atoms with Crippen LogP contribution in [0.1, 0.15) is 27.9 Å². The number of halogens is 1. The third kappa shape index (κ3) is 6.85. The van der Waals surface area contributed by atoms with Gasteiger partial charge in [-0.3, -0.25) is 9.59 Å². The molecule has 2 aromatic rings. The van der Waals surface area contributed by atoms with E-state index in [0.717, 1.165) is 18.5 Å². The minimum Gasteiger partial charge on any atom is -0.378 e. The molecule has 1 aliphatic heterocycles. The summed E-state index contributed by atoms with van der Waals surface area (Å²) in [6.07, 6.45) is 1.07. The standard InChI is InChI=1S/C22H27N3O3.ClH/c1-16-6-5-9-19(25-20(26)14-18-15-28-13-12-23-18)21(16)22(27)24-11-10-17-7-3-2-4-8-17;/h2-9,18,23H,10-15H2,1H3,(H,24,27)(H,25,26);1H. The molecule has 0 bridgehead atoms. The first kappa shape index (κ1) is 22.9. The number of ether oxygens (including phenoxy) is 1. The molecule has 0 spiro atoms. The van der Waals surface area contributed by atoms with E-state index in [1.54, 1.807) is 6.07 Å². The molecule has 1 fully saturated rings. The maximum absolute atomic E-state index is 12.8. The summed E-state index contributed by atoms with van der Waals surface area (Å²) in [7, 11) is 0. The van der Waals surface area contributed by atoms with Crippen molar-refractivity contribution in [3.63, 3.8) is 0 Å². The minimum absolute atomic E-state index is 0. The van der Waals surface area contributed by atoms with Crippen LogP contribution in [0.25, 0.3) is 0 Å². The Morgan fingerprint density at radius 2 is 1.93 bits per heavy atom. The Morgan fingerprint density at radius 3 is 2.66 bits per heavy atom. The Balaban J connectivity index is 0.00000300. The highest BCUT2D eigenvalue weighted by molar-refractivity contribution is 6.04. The maximum atomic E-state index is 12.8. The van der Waals surface area contributed by atoms with Crippen LogP contribution < -0.4 is 16.0 Å². The summed E-state index contributed by atoms with van der Waals surface area (Å²) in [5.41, 5.74) is 3.05. The van der Waals surface area contributed by atoms with Gasteiger partial charge in [0, 0.05) is 25.6 Å². The van der Waals surface area contributed by atoms with Gasteiger partial charge in [-0.15, -0.1) is 12.4 Å². The van der Waals surface area contributed by atoms with Crippen molar-refractivity contribution in [2.24, 2.45) is 0 Å². The highest BCUT2D eigenvalue weighted by Crippen LogP contribution is 2.20. The third-order valence-electron chi connectivity index (χ3n) is 4.75. The lowest BCUT2D eigenvalue weighted by Gasteiger charge is -2.23. The van der Waals surface area contributed by atoms with Crippen LogP contribution in [-0.2, 0) is 16.0 Å². The van der Waals surface area contributed by atoms with Crippen LogP contribution in [-0.4, -0.2) is 44.2 Å². The van der Waals surface area contributed by atoms with E-state index in [4.69, 9.17) is 4.74 Å². The highest BCUT2D eigenvalue weighted by atomic mass is 35.5. The molecule has 29 heavy (non-hydrogen) atoms. The summed E-state index contributed by atoms with van der Waals surface area (Å²) in [4.78, 5) is 25.2. The van der Waals surface area contributed by atoms with Crippen molar-refractivity contribution in [3.8, 4) is 0 Å². The maximum Gasteiger partial charge on any atom is 0.253 e. The molecule has 3 rings (SSSR count). The van der Waals surface area contributed by atoms with Crippen molar-refractivity contribution in [2.75, 3.05) is 31.6 Å². The zero-order valence-corrected chi connectivity index (χ0v) is 17.4. The van der Waals surface area contributed by atoms with Gasteiger partial charge in [-0.05, 0) is 30.5 Å². The minimum atomic E-state index is -0.177. The Labute approximate surface area is 177 Å². The number of aryl methyl sites for hydroxylation is 1. The smallest absolute Gasteiger partial charge is 0.253 e. The summed E-state index contributed by atoms with van der Waals surface area (Å²) in [5.74, 6) is -0.310. The van der Waals surface area contributed by atoms with Crippen molar-refractivity contribution >= 4 is 29.9 Å². The average molecular weight is 418 g/mol. The topological polar surface area (TPSA) is 79.5 Å². The molecule has 1 unspecified atom stereocenters. The van der Waals surface area contributed by atoms with Crippen molar-refractivity contribution < 1.29 is 14.3 Å². The van der Waals surface area contributed by atoms with Crippen LogP contribution in [0.4, 0.5) is 5.69 Å². The lowest BCUT2D eigenvalue weighted by atomic mass is 10.0. The number of hydrogen-bond acceptors (Lipinski definition) is 4. The van der Waals surface area contributed by atoms with E-state index in [1.807, 2.05) is 49.4 Å². The second kappa shape index (κ2) is 11.6. The normalized spacial score (nSPS) is 15.8. The van der Waals surface area contributed by atoms with Crippen molar-refractivity contribution in [1.82, 2.24) is 10.6 Å². The van der Waals surface area contributed by atoms with E-state index >= 15 is 0 Å². The summed E-state index contributed by atoms with van der Waals surface area (Å²) >= 11 is 0. The van der Waals surface area contributed by atoms with E-state index in [1.165, 1.54) is 5.56 Å². The molecule has 1 atom stereocenters. The molecule has 2 aromatic carbocycles. The Kier molecular flexibility index (Phi) is 9.12. The van der Waals surface area contributed by atoms with Crippen molar-refractivity contribution in [2.45, 2.75) is 25.8 Å². The second-order valence-corrected chi connectivity index (χ2v) is 6.97. The van der Waals surface area contributed by atoms with Gasteiger partial charge in [0.25, 0.3) is 5.91 Å².